The number of hydrogen-bond donors (Lipinski definition) is 0. The molecule has 0 N–H and O–H groups in total. The van der Waals surface area contributed by atoms with Crippen LogP contribution in [0, 0.1) is 0 Å². The van der Waals surface area contributed by atoms with Crippen LogP contribution in [0.1, 0.15) is 29.2 Å². The van der Waals surface area contributed by atoms with E-state index in [1.807, 2.05) is 60.7 Å². The van der Waals surface area contributed by atoms with Gasteiger partial charge < -0.3 is 9.64 Å². The molecular weight excluding hydrogens is 502 g/mol. The van der Waals surface area contributed by atoms with E-state index in [9.17, 15) is 4.79 Å². The van der Waals surface area contributed by atoms with Gasteiger partial charge >= 0.3 is 5.97 Å². The average molecular weight is 534 g/mol. The van der Waals surface area contributed by atoms with Gasteiger partial charge in [0.2, 0.25) is 0 Å². The third kappa shape index (κ3) is 5.66. The van der Waals surface area contributed by atoms with Crippen LogP contribution in [0.4, 0.5) is 17.1 Å². The van der Waals surface area contributed by atoms with Gasteiger partial charge in [-0.3, -0.25) is 0 Å². The molecule has 200 valence electrons. The molecule has 0 saturated heterocycles. The molecule has 5 aromatic rings. The normalized spacial score (nSPS) is 10.9. The van der Waals surface area contributed by atoms with E-state index in [-0.39, 0.29) is 0 Å². The molecule has 3 heteroatoms. The number of nitrogens with zero attached hydrogens (tertiary/aromatic N) is 1. The van der Waals surface area contributed by atoms with E-state index >= 15 is 0 Å². The molecule has 0 aromatic heterocycles. The molecule has 0 bridgehead atoms. The first kappa shape index (κ1) is 27.2. The minimum absolute atomic E-state index is 0.328. The Morgan fingerprint density at radius 1 is 0.634 bits per heavy atom. The van der Waals surface area contributed by atoms with Crippen molar-refractivity contribution in [2.45, 2.75) is 6.92 Å². The second-order valence-corrected chi connectivity index (χ2v) is 9.63. The van der Waals surface area contributed by atoms with Crippen LogP contribution in [-0.2, 0) is 4.79 Å². The van der Waals surface area contributed by atoms with Crippen LogP contribution in [-0.4, -0.2) is 5.97 Å². The Morgan fingerprint density at radius 3 is 1.68 bits per heavy atom. The van der Waals surface area contributed by atoms with Crippen molar-refractivity contribution in [2.24, 2.45) is 0 Å². The quantitative estimate of drug-likeness (QED) is 0.0817. The molecular formula is C38H31NO2. The van der Waals surface area contributed by atoms with Crippen LogP contribution in [0.15, 0.2) is 135 Å². The minimum Gasteiger partial charge on any atom is -0.422 e. The summed E-state index contributed by atoms with van der Waals surface area (Å²) in [5.74, 6) is -0.0152. The van der Waals surface area contributed by atoms with E-state index in [0.29, 0.717) is 16.9 Å². The molecule has 0 aliphatic carbocycles. The molecule has 0 spiro atoms. The van der Waals surface area contributed by atoms with E-state index in [1.165, 1.54) is 0 Å². The largest absolute Gasteiger partial charge is 0.422 e. The molecule has 0 saturated carbocycles. The SMILES string of the molecule is C=Cc1c(C=C)c(OC(=O)C(=C)C)c2ccccc2c1C=Cc1ccc(N(c2ccccc2)c2ccccc2)cc1. The fourth-order valence-electron chi connectivity index (χ4n) is 4.88. The van der Waals surface area contributed by atoms with E-state index in [2.05, 4.69) is 85.3 Å². The first-order chi connectivity index (χ1) is 20.0. The van der Waals surface area contributed by atoms with Gasteiger partial charge in [-0.15, -0.1) is 0 Å². The number of hydrogen-bond acceptors (Lipinski definition) is 3. The number of esters is 1. The van der Waals surface area contributed by atoms with Gasteiger partial charge in [0.15, 0.2) is 0 Å². The van der Waals surface area contributed by atoms with Crippen LogP contribution in [0.25, 0.3) is 35.1 Å². The molecule has 0 fully saturated rings. The van der Waals surface area contributed by atoms with Gasteiger partial charge in [-0.25, -0.2) is 4.79 Å². The Balaban J connectivity index is 1.55. The van der Waals surface area contributed by atoms with Gasteiger partial charge in [0.1, 0.15) is 5.75 Å². The molecule has 0 radical (unpaired) electrons. The molecule has 3 nitrogen and oxygen atoms in total. The Hall–Kier alpha value is -5.41. The van der Waals surface area contributed by atoms with Gasteiger partial charge in [0.05, 0.1) is 0 Å². The summed E-state index contributed by atoms with van der Waals surface area (Å²) in [4.78, 5) is 14.7. The fraction of sp³-hybridized carbons (Fsp3) is 0.0263. The average Bonchev–Trinajstić information content (AvgIpc) is 3.02. The molecule has 5 aromatic carbocycles. The third-order valence-electron chi connectivity index (χ3n) is 6.86. The lowest BCUT2D eigenvalue weighted by atomic mass is 9.92. The van der Waals surface area contributed by atoms with Crippen molar-refractivity contribution in [3.8, 4) is 5.75 Å². The Morgan fingerprint density at radius 2 is 1.15 bits per heavy atom. The monoisotopic (exact) mass is 533 g/mol. The lowest BCUT2D eigenvalue weighted by molar-refractivity contribution is -0.130. The van der Waals surface area contributed by atoms with Gasteiger partial charge in [0.25, 0.3) is 0 Å². The molecule has 0 unspecified atom stereocenters. The number of benzene rings is 5. The topological polar surface area (TPSA) is 29.5 Å². The van der Waals surface area contributed by atoms with Crippen LogP contribution in [0.2, 0.25) is 0 Å². The summed E-state index contributed by atoms with van der Waals surface area (Å²) in [7, 11) is 0. The lowest BCUT2D eigenvalue weighted by Gasteiger charge is -2.25. The van der Waals surface area contributed by atoms with Crippen molar-refractivity contribution < 1.29 is 9.53 Å². The van der Waals surface area contributed by atoms with Crippen molar-refractivity contribution in [3.63, 3.8) is 0 Å². The van der Waals surface area contributed by atoms with Crippen LogP contribution >= 0.6 is 0 Å². The van der Waals surface area contributed by atoms with Gasteiger partial charge in [-0.05, 0) is 65.4 Å². The van der Waals surface area contributed by atoms with Crippen molar-refractivity contribution in [1.82, 2.24) is 0 Å². The maximum absolute atomic E-state index is 12.5. The summed E-state index contributed by atoms with van der Waals surface area (Å²) in [5.41, 5.74) is 7.15. The second-order valence-electron chi connectivity index (χ2n) is 9.63. The maximum Gasteiger partial charge on any atom is 0.338 e. The smallest absolute Gasteiger partial charge is 0.338 e. The molecule has 0 heterocycles. The van der Waals surface area contributed by atoms with Crippen molar-refractivity contribution in [2.75, 3.05) is 4.90 Å². The first-order valence-corrected chi connectivity index (χ1v) is 13.4. The third-order valence-corrected chi connectivity index (χ3v) is 6.86. The zero-order valence-electron chi connectivity index (χ0n) is 23.1. The van der Waals surface area contributed by atoms with E-state index in [0.717, 1.165) is 44.5 Å². The Labute approximate surface area is 241 Å². The van der Waals surface area contributed by atoms with Gasteiger partial charge in [-0.1, -0.05) is 117 Å². The summed E-state index contributed by atoms with van der Waals surface area (Å²) in [6.07, 6.45) is 7.65. The number of carbonyl (C=O) groups is 1. The molecule has 41 heavy (non-hydrogen) atoms. The zero-order chi connectivity index (χ0) is 28.8. The lowest BCUT2D eigenvalue weighted by Crippen LogP contribution is -2.10. The fourth-order valence-corrected chi connectivity index (χ4v) is 4.88. The standard InChI is InChI=1S/C38H31NO2/c1-5-32-33(6-2)37(41-38(40)27(3)4)36-20-14-13-19-34(36)35(32)26-23-28-21-24-31(25-22-28)39(29-15-9-7-10-16-29)30-17-11-8-12-18-30/h5-26H,1-3H2,4H3. The van der Waals surface area contributed by atoms with Crippen molar-refractivity contribution in [3.05, 3.63) is 157 Å². The second kappa shape index (κ2) is 12.2. The summed E-state index contributed by atoms with van der Waals surface area (Å²) >= 11 is 0. The first-order valence-electron chi connectivity index (χ1n) is 13.4. The summed E-state index contributed by atoms with van der Waals surface area (Å²) < 4.78 is 5.79. The predicted octanol–water partition coefficient (Wildman–Crippen LogP) is 10.2. The highest BCUT2D eigenvalue weighted by Crippen LogP contribution is 2.39. The van der Waals surface area contributed by atoms with Gasteiger partial charge in [-0.2, -0.15) is 0 Å². The maximum atomic E-state index is 12.5. The number of carbonyl (C=O) groups excluding carboxylic acids is 1. The zero-order valence-corrected chi connectivity index (χ0v) is 23.1. The number of para-hydroxylation sites is 2. The molecule has 0 amide bonds. The number of ether oxygens (including phenoxy) is 1. The van der Waals surface area contributed by atoms with Crippen LogP contribution in [0.5, 0.6) is 5.75 Å². The summed E-state index contributed by atoms with van der Waals surface area (Å²) in [5, 5.41) is 1.77. The van der Waals surface area contributed by atoms with Crippen LogP contribution in [0.3, 0.4) is 0 Å². The number of anilines is 3. The number of fused-ring (bicyclic) bond motifs is 1. The predicted molar refractivity (Wildman–Crippen MR) is 175 cm³/mol. The highest BCUT2D eigenvalue weighted by molar-refractivity contribution is 6.05. The summed E-state index contributed by atoms with van der Waals surface area (Å²) in [6.45, 7) is 13.4. The molecule has 5 rings (SSSR count). The van der Waals surface area contributed by atoms with E-state index < -0.39 is 5.97 Å². The van der Waals surface area contributed by atoms with E-state index in [4.69, 9.17) is 4.74 Å². The van der Waals surface area contributed by atoms with Gasteiger partial charge in [0, 0.05) is 33.6 Å². The van der Waals surface area contributed by atoms with E-state index in [1.54, 1.807) is 19.1 Å². The number of rotatable bonds is 9. The minimum atomic E-state index is -0.475. The molecule has 0 atom stereocenters. The Kier molecular flexibility index (Phi) is 8.08. The van der Waals surface area contributed by atoms with Crippen LogP contribution < -0.4 is 9.64 Å². The molecule has 0 aliphatic heterocycles. The summed E-state index contributed by atoms with van der Waals surface area (Å²) in [6, 6.07) is 37.0. The highest BCUT2D eigenvalue weighted by Gasteiger charge is 2.19. The highest BCUT2D eigenvalue weighted by atomic mass is 16.5. The van der Waals surface area contributed by atoms with Crippen molar-refractivity contribution in [1.29, 1.82) is 0 Å². The van der Waals surface area contributed by atoms with Crippen molar-refractivity contribution >= 4 is 58.1 Å². The molecule has 0 aliphatic rings. The Bertz CT molecular complexity index is 1730.